The Morgan fingerprint density at radius 1 is 0.769 bits per heavy atom. The lowest BCUT2D eigenvalue weighted by molar-refractivity contribution is 0.0956. The molecule has 1 atom stereocenters. The van der Waals surface area contributed by atoms with E-state index in [1.54, 1.807) is 0 Å². The van der Waals surface area contributed by atoms with Crippen molar-refractivity contribution in [1.29, 1.82) is 0 Å². The summed E-state index contributed by atoms with van der Waals surface area (Å²) in [5.41, 5.74) is 6.20. The summed E-state index contributed by atoms with van der Waals surface area (Å²) in [7, 11) is 0. The van der Waals surface area contributed by atoms with Gasteiger partial charge in [-0.05, 0) is 36.0 Å². The SMILES string of the molecule is Cc1nc(N2CCN(C(c3ccccc3)c3ccccc3)CC2)nc2c1C(=O)CC(C=Cc1ccccc1)C2. The van der Waals surface area contributed by atoms with E-state index in [2.05, 4.69) is 94.7 Å². The van der Waals surface area contributed by atoms with Gasteiger partial charge in [0.1, 0.15) is 0 Å². The number of fused-ring (bicyclic) bond motifs is 1. The van der Waals surface area contributed by atoms with Gasteiger partial charge in [0.25, 0.3) is 0 Å². The standard InChI is InChI=1S/C34H34N4O/c1-25-32-30(23-27(24-31(32)39)18-17-26-11-5-2-6-12-26)36-34(35-25)38-21-19-37(20-22-38)33(28-13-7-3-8-14-28)29-15-9-4-10-16-29/h2-18,27,33H,19-24H2,1H3. The van der Waals surface area contributed by atoms with E-state index >= 15 is 0 Å². The summed E-state index contributed by atoms with van der Waals surface area (Å²) in [5, 5.41) is 0. The zero-order chi connectivity index (χ0) is 26.6. The van der Waals surface area contributed by atoms with Crippen LogP contribution < -0.4 is 4.90 Å². The molecular formula is C34H34N4O. The number of rotatable bonds is 6. The third-order valence-corrected chi connectivity index (χ3v) is 7.89. The number of aryl methyl sites for hydroxylation is 1. The average molecular weight is 515 g/mol. The smallest absolute Gasteiger partial charge is 0.225 e. The van der Waals surface area contributed by atoms with E-state index in [1.807, 2.05) is 25.1 Å². The normalized spacial score (nSPS) is 18.1. The highest BCUT2D eigenvalue weighted by Crippen LogP contribution is 2.32. The van der Waals surface area contributed by atoms with Crippen LogP contribution in [0, 0.1) is 12.8 Å². The number of carbonyl (C=O) groups is 1. The molecule has 0 radical (unpaired) electrons. The highest BCUT2D eigenvalue weighted by Gasteiger charge is 2.31. The maximum absolute atomic E-state index is 13.1. The van der Waals surface area contributed by atoms with Gasteiger partial charge in [-0.2, -0.15) is 0 Å². The molecular weight excluding hydrogens is 480 g/mol. The van der Waals surface area contributed by atoms with Gasteiger partial charge >= 0.3 is 0 Å². The fraction of sp³-hybridized carbons (Fsp3) is 0.265. The number of Topliss-reactive ketones (excluding diaryl/α,β-unsaturated/α-hetero) is 1. The predicted molar refractivity (Wildman–Crippen MR) is 157 cm³/mol. The summed E-state index contributed by atoms with van der Waals surface area (Å²) in [5.74, 6) is 1.06. The number of anilines is 1. The quantitative estimate of drug-likeness (QED) is 0.309. The molecule has 0 amide bonds. The number of carbonyl (C=O) groups excluding carboxylic acids is 1. The van der Waals surface area contributed by atoms with Crippen LogP contribution in [0.25, 0.3) is 6.08 Å². The summed E-state index contributed by atoms with van der Waals surface area (Å²) in [6, 6.07) is 32.0. The molecule has 2 aliphatic rings. The Morgan fingerprint density at radius 2 is 1.36 bits per heavy atom. The Kier molecular flexibility index (Phi) is 7.33. The van der Waals surface area contributed by atoms with E-state index in [0.717, 1.165) is 61.1 Å². The van der Waals surface area contributed by atoms with Crippen molar-refractivity contribution in [2.45, 2.75) is 25.8 Å². The Balaban J connectivity index is 1.19. The van der Waals surface area contributed by atoms with Crippen molar-refractivity contribution in [2.24, 2.45) is 5.92 Å². The lowest BCUT2D eigenvalue weighted by Gasteiger charge is -2.40. The maximum Gasteiger partial charge on any atom is 0.225 e. The van der Waals surface area contributed by atoms with Crippen LogP contribution in [0.1, 0.15) is 50.9 Å². The van der Waals surface area contributed by atoms with Crippen molar-refractivity contribution in [2.75, 3.05) is 31.1 Å². The summed E-state index contributed by atoms with van der Waals surface area (Å²) in [4.78, 5) is 27.7. The van der Waals surface area contributed by atoms with Crippen LogP contribution in [-0.4, -0.2) is 46.8 Å². The molecule has 196 valence electrons. The van der Waals surface area contributed by atoms with Crippen molar-refractivity contribution in [3.05, 3.63) is 131 Å². The van der Waals surface area contributed by atoms with Gasteiger partial charge in [0.15, 0.2) is 5.78 Å². The molecule has 6 rings (SSSR count). The second-order valence-corrected chi connectivity index (χ2v) is 10.5. The number of piperazine rings is 1. The molecule has 2 heterocycles. The second kappa shape index (κ2) is 11.3. The van der Waals surface area contributed by atoms with Crippen LogP contribution in [0.15, 0.2) is 97.1 Å². The molecule has 1 aliphatic heterocycles. The van der Waals surface area contributed by atoms with Crippen LogP contribution in [0.5, 0.6) is 0 Å². The summed E-state index contributed by atoms with van der Waals surface area (Å²) >= 11 is 0. The summed E-state index contributed by atoms with van der Waals surface area (Å²) in [6.45, 7) is 5.48. The number of ketones is 1. The lowest BCUT2D eigenvalue weighted by Crippen LogP contribution is -2.48. The molecule has 4 aromatic rings. The monoisotopic (exact) mass is 514 g/mol. The third kappa shape index (κ3) is 5.55. The third-order valence-electron chi connectivity index (χ3n) is 7.89. The Hall–Kier alpha value is -4.09. The Morgan fingerprint density at radius 3 is 1.97 bits per heavy atom. The van der Waals surface area contributed by atoms with Crippen molar-refractivity contribution >= 4 is 17.8 Å². The molecule has 1 aliphatic carbocycles. The molecule has 0 saturated carbocycles. The van der Waals surface area contributed by atoms with Crippen molar-refractivity contribution in [3.8, 4) is 0 Å². The molecule has 5 nitrogen and oxygen atoms in total. The molecule has 5 heteroatoms. The van der Waals surface area contributed by atoms with Crippen LogP contribution in [0.3, 0.4) is 0 Å². The lowest BCUT2D eigenvalue weighted by atomic mass is 9.85. The molecule has 39 heavy (non-hydrogen) atoms. The van der Waals surface area contributed by atoms with Crippen LogP contribution >= 0.6 is 0 Å². The van der Waals surface area contributed by atoms with E-state index in [9.17, 15) is 4.79 Å². The van der Waals surface area contributed by atoms with Crippen molar-refractivity contribution in [1.82, 2.24) is 14.9 Å². The number of hydrogen-bond donors (Lipinski definition) is 0. The van der Waals surface area contributed by atoms with Crippen molar-refractivity contribution < 1.29 is 4.79 Å². The Bertz CT molecular complexity index is 1410. The van der Waals surface area contributed by atoms with Crippen LogP contribution in [-0.2, 0) is 6.42 Å². The second-order valence-electron chi connectivity index (χ2n) is 10.5. The minimum Gasteiger partial charge on any atom is -0.338 e. The van der Waals surface area contributed by atoms with Crippen LogP contribution in [0.2, 0.25) is 0 Å². The zero-order valence-electron chi connectivity index (χ0n) is 22.4. The zero-order valence-corrected chi connectivity index (χ0v) is 22.4. The molecule has 0 N–H and O–H groups in total. The average Bonchev–Trinajstić information content (AvgIpc) is 2.98. The first-order chi connectivity index (χ1) is 19.2. The topological polar surface area (TPSA) is 49.3 Å². The molecule has 0 spiro atoms. The fourth-order valence-electron chi connectivity index (χ4n) is 5.94. The van der Waals surface area contributed by atoms with Gasteiger partial charge in [0.2, 0.25) is 5.95 Å². The number of benzene rings is 3. The molecule has 1 fully saturated rings. The number of nitrogens with zero attached hydrogens (tertiary/aromatic N) is 4. The molecule has 1 saturated heterocycles. The fourth-order valence-corrected chi connectivity index (χ4v) is 5.94. The van der Waals surface area contributed by atoms with Gasteiger partial charge in [-0.3, -0.25) is 9.69 Å². The summed E-state index contributed by atoms with van der Waals surface area (Å²) in [6.07, 6.45) is 5.57. The summed E-state index contributed by atoms with van der Waals surface area (Å²) < 4.78 is 0. The Labute approximate surface area is 230 Å². The first kappa shape index (κ1) is 25.2. The minimum atomic E-state index is 0.154. The number of allylic oxidation sites excluding steroid dienone is 1. The van der Waals surface area contributed by atoms with E-state index in [4.69, 9.17) is 9.97 Å². The van der Waals surface area contributed by atoms with Gasteiger partial charge in [-0.1, -0.05) is 103 Å². The molecule has 0 bridgehead atoms. The highest BCUT2D eigenvalue weighted by molar-refractivity contribution is 5.99. The van der Waals surface area contributed by atoms with E-state index < -0.39 is 0 Å². The van der Waals surface area contributed by atoms with Gasteiger partial charge < -0.3 is 4.90 Å². The van der Waals surface area contributed by atoms with Gasteiger partial charge in [-0.15, -0.1) is 0 Å². The van der Waals surface area contributed by atoms with E-state index in [-0.39, 0.29) is 17.7 Å². The maximum atomic E-state index is 13.1. The molecule has 3 aromatic carbocycles. The number of aromatic nitrogens is 2. The van der Waals surface area contributed by atoms with E-state index in [0.29, 0.717) is 6.42 Å². The van der Waals surface area contributed by atoms with Gasteiger partial charge in [-0.25, -0.2) is 9.97 Å². The van der Waals surface area contributed by atoms with Gasteiger partial charge in [0, 0.05) is 32.6 Å². The minimum absolute atomic E-state index is 0.154. The van der Waals surface area contributed by atoms with E-state index in [1.165, 1.54) is 11.1 Å². The first-order valence-electron chi connectivity index (χ1n) is 13.9. The molecule has 1 unspecified atom stereocenters. The molecule has 1 aromatic heterocycles. The van der Waals surface area contributed by atoms with Gasteiger partial charge in [0.05, 0.1) is 23.0 Å². The predicted octanol–water partition coefficient (Wildman–Crippen LogP) is 6.16. The highest BCUT2D eigenvalue weighted by atomic mass is 16.1. The van der Waals surface area contributed by atoms with Crippen molar-refractivity contribution in [3.63, 3.8) is 0 Å². The largest absolute Gasteiger partial charge is 0.338 e. The van der Waals surface area contributed by atoms with Crippen LogP contribution in [0.4, 0.5) is 5.95 Å². The number of hydrogen-bond acceptors (Lipinski definition) is 5. The first-order valence-corrected chi connectivity index (χ1v) is 13.9.